The molecule has 0 aliphatic carbocycles. The van der Waals surface area contributed by atoms with E-state index in [1.165, 1.54) is 0 Å². The summed E-state index contributed by atoms with van der Waals surface area (Å²) in [6, 6.07) is 5.77. The molecule has 2 amide bonds. The Hall–Kier alpha value is -2.28. The van der Waals surface area contributed by atoms with Gasteiger partial charge in [-0.2, -0.15) is 0 Å². The fourth-order valence-electron chi connectivity index (χ4n) is 3.19. The van der Waals surface area contributed by atoms with Crippen molar-refractivity contribution in [2.75, 3.05) is 41.0 Å². The fourth-order valence-corrected chi connectivity index (χ4v) is 3.19. The number of nitrogens with zero attached hydrogens (tertiary/aromatic N) is 1. The van der Waals surface area contributed by atoms with Crippen LogP contribution in [0.2, 0.25) is 0 Å². The quantitative estimate of drug-likeness (QED) is 0.670. The first-order chi connectivity index (χ1) is 13.0. The summed E-state index contributed by atoms with van der Waals surface area (Å²) in [5, 5.41) is 2.97. The van der Waals surface area contributed by atoms with Gasteiger partial charge in [0.25, 0.3) is 0 Å². The van der Waals surface area contributed by atoms with Crippen molar-refractivity contribution in [3.63, 3.8) is 0 Å². The van der Waals surface area contributed by atoms with E-state index in [9.17, 15) is 9.59 Å². The average Bonchev–Trinajstić information content (AvgIpc) is 3.05. The number of carbonyl (C=O) groups excluding carboxylic acids is 2. The third-order valence-corrected chi connectivity index (χ3v) is 4.85. The van der Waals surface area contributed by atoms with Crippen LogP contribution in [0.25, 0.3) is 0 Å². The lowest BCUT2D eigenvalue weighted by molar-refractivity contribution is -0.129. The van der Waals surface area contributed by atoms with Gasteiger partial charge in [0.15, 0.2) is 11.5 Å². The summed E-state index contributed by atoms with van der Waals surface area (Å²) < 4.78 is 15.6. The van der Waals surface area contributed by atoms with E-state index in [0.29, 0.717) is 37.6 Å². The molecule has 2 atom stereocenters. The van der Waals surface area contributed by atoms with Crippen molar-refractivity contribution in [3.8, 4) is 11.5 Å². The predicted octanol–water partition coefficient (Wildman–Crippen LogP) is 1.64. The van der Waals surface area contributed by atoms with E-state index in [1.54, 1.807) is 26.2 Å². The fraction of sp³-hybridized carbons (Fsp3) is 0.600. The van der Waals surface area contributed by atoms with Gasteiger partial charge in [0.1, 0.15) is 0 Å². The third kappa shape index (κ3) is 5.85. The highest BCUT2D eigenvalue weighted by Gasteiger charge is 2.34. The van der Waals surface area contributed by atoms with Crippen LogP contribution in [-0.2, 0) is 20.7 Å². The molecule has 1 aromatic carbocycles. The minimum absolute atomic E-state index is 0.0279. The second-order valence-corrected chi connectivity index (χ2v) is 6.87. The van der Waals surface area contributed by atoms with Crippen LogP contribution in [0.1, 0.15) is 25.3 Å². The molecule has 0 saturated carbocycles. The van der Waals surface area contributed by atoms with Gasteiger partial charge in [0, 0.05) is 39.3 Å². The normalized spacial score (nSPS) is 17.7. The van der Waals surface area contributed by atoms with Crippen molar-refractivity contribution in [2.45, 2.75) is 32.2 Å². The Morgan fingerprint density at radius 3 is 2.67 bits per heavy atom. The van der Waals surface area contributed by atoms with Gasteiger partial charge in [-0.1, -0.05) is 6.07 Å². The monoisotopic (exact) mass is 378 g/mol. The van der Waals surface area contributed by atoms with Gasteiger partial charge >= 0.3 is 0 Å². The molecule has 1 N–H and O–H groups in total. The zero-order valence-corrected chi connectivity index (χ0v) is 16.6. The van der Waals surface area contributed by atoms with Crippen molar-refractivity contribution in [3.05, 3.63) is 23.8 Å². The molecule has 0 radical (unpaired) electrons. The molecule has 7 nitrogen and oxygen atoms in total. The summed E-state index contributed by atoms with van der Waals surface area (Å²) in [7, 11) is 4.84. The molecule has 2 unspecified atom stereocenters. The topological polar surface area (TPSA) is 77.1 Å². The lowest BCUT2D eigenvalue weighted by Crippen LogP contribution is -2.39. The van der Waals surface area contributed by atoms with E-state index < -0.39 is 0 Å². The highest BCUT2D eigenvalue weighted by Crippen LogP contribution is 2.28. The van der Waals surface area contributed by atoms with Gasteiger partial charge in [-0.3, -0.25) is 9.59 Å². The molecular weight excluding hydrogens is 348 g/mol. The largest absolute Gasteiger partial charge is 0.493 e. The Kier molecular flexibility index (Phi) is 7.91. The molecule has 2 rings (SSSR count). The maximum Gasteiger partial charge on any atom is 0.225 e. The summed E-state index contributed by atoms with van der Waals surface area (Å²) >= 11 is 0. The second kappa shape index (κ2) is 10.2. The number of benzene rings is 1. The molecule has 1 aliphatic heterocycles. The summed E-state index contributed by atoms with van der Waals surface area (Å²) in [4.78, 5) is 26.4. The minimum Gasteiger partial charge on any atom is -0.493 e. The van der Waals surface area contributed by atoms with E-state index in [0.717, 1.165) is 12.0 Å². The Labute approximate surface area is 161 Å². The Bertz CT molecular complexity index is 649. The van der Waals surface area contributed by atoms with Gasteiger partial charge in [-0.25, -0.2) is 0 Å². The van der Waals surface area contributed by atoms with E-state index in [1.807, 2.05) is 25.1 Å². The maximum absolute atomic E-state index is 12.4. The van der Waals surface area contributed by atoms with Crippen molar-refractivity contribution < 1.29 is 23.8 Å². The minimum atomic E-state index is -0.284. The van der Waals surface area contributed by atoms with Crippen LogP contribution in [0.5, 0.6) is 11.5 Å². The number of rotatable bonds is 10. The Morgan fingerprint density at radius 1 is 1.26 bits per heavy atom. The first-order valence-electron chi connectivity index (χ1n) is 9.26. The summed E-state index contributed by atoms with van der Waals surface area (Å²) in [5.41, 5.74) is 1.06. The van der Waals surface area contributed by atoms with Crippen LogP contribution in [-0.4, -0.2) is 63.8 Å². The zero-order valence-electron chi connectivity index (χ0n) is 16.6. The summed E-state index contributed by atoms with van der Waals surface area (Å²) in [6.07, 6.45) is 1.73. The third-order valence-electron chi connectivity index (χ3n) is 4.85. The van der Waals surface area contributed by atoms with Gasteiger partial charge in [-0.05, 0) is 37.5 Å². The number of hydrogen-bond acceptors (Lipinski definition) is 5. The van der Waals surface area contributed by atoms with Gasteiger partial charge in [-0.15, -0.1) is 0 Å². The number of likely N-dealkylation sites (tertiary alicyclic amines) is 1. The van der Waals surface area contributed by atoms with Crippen LogP contribution >= 0.6 is 0 Å². The lowest BCUT2D eigenvalue weighted by Gasteiger charge is -2.18. The molecule has 1 aromatic rings. The maximum atomic E-state index is 12.4. The first kappa shape index (κ1) is 21.0. The molecule has 0 bridgehead atoms. The molecule has 0 aromatic heterocycles. The van der Waals surface area contributed by atoms with Crippen LogP contribution in [0.4, 0.5) is 0 Å². The lowest BCUT2D eigenvalue weighted by atomic mass is 10.1. The highest BCUT2D eigenvalue weighted by molar-refractivity contribution is 5.89. The van der Waals surface area contributed by atoms with Crippen LogP contribution in [0.3, 0.4) is 0 Å². The van der Waals surface area contributed by atoms with Gasteiger partial charge < -0.3 is 24.4 Å². The number of hydrogen-bond donors (Lipinski definition) is 1. The van der Waals surface area contributed by atoms with Crippen molar-refractivity contribution >= 4 is 11.8 Å². The summed E-state index contributed by atoms with van der Waals surface area (Å²) in [6.45, 7) is 3.59. The van der Waals surface area contributed by atoms with Crippen LogP contribution in [0, 0.1) is 5.92 Å². The Balaban J connectivity index is 1.86. The van der Waals surface area contributed by atoms with E-state index >= 15 is 0 Å². The van der Waals surface area contributed by atoms with Crippen molar-refractivity contribution in [2.24, 2.45) is 5.92 Å². The number of nitrogens with one attached hydrogen (secondary N) is 1. The predicted molar refractivity (Wildman–Crippen MR) is 102 cm³/mol. The van der Waals surface area contributed by atoms with Gasteiger partial charge in [0.05, 0.1) is 20.1 Å². The number of amides is 2. The van der Waals surface area contributed by atoms with E-state index in [4.69, 9.17) is 14.2 Å². The highest BCUT2D eigenvalue weighted by atomic mass is 16.5. The number of carbonyl (C=O) groups is 2. The van der Waals surface area contributed by atoms with Crippen molar-refractivity contribution in [1.29, 1.82) is 0 Å². The number of ether oxygens (including phenoxy) is 3. The van der Waals surface area contributed by atoms with Crippen LogP contribution in [0.15, 0.2) is 18.2 Å². The second-order valence-electron chi connectivity index (χ2n) is 6.87. The Morgan fingerprint density at radius 2 is 2.00 bits per heavy atom. The molecule has 1 fully saturated rings. The zero-order chi connectivity index (χ0) is 19.8. The van der Waals surface area contributed by atoms with Crippen molar-refractivity contribution in [1.82, 2.24) is 10.2 Å². The molecule has 1 saturated heterocycles. The van der Waals surface area contributed by atoms with Crippen LogP contribution < -0.4 is 14.8 Å². The molecule has 0 spiro atoms. The molecular formula is C20H30N2O5. The smallest absolute Gasteiger partial charge is 0.225 e. The molecule has 27 heavy (non-hydrogen) atoms. The molecule has 1 heterocycles. The standard InChI is InChI=1S/C20H30N2O5/c1-14(8-10-25-2)21-20(24)16-12-19(23)22(13-16)9-7-15-5-6-17(26-3)18(11-15)27-4/h5-6,11,14,16H,7-10,12-13H2,1-4H3,(H,21,24). The van der Waals surface area contributed by atoms with E-state index in [2.05, 4.69) is 5.32 Å². The summed E-state index contributed by atoms with van der Waals surface area (Å²) in [5.74, 6) is 1.04. The molecule has 7 heteroatoms. The molecule has 1 aliphatic rings. The number of methoxy groups -OCH3 is 3. The average molecular weight is 378 g/mol. The molecule has 150 valence electrons. The SMILES string of the molecule is COCCC(C)NC(=O)C1CC(=O)N(CCc2ccc(OC)c(OC)c2)C1. The van der Waals surface area contributed by atoms with Gasteiger partial charge in [0.2, 0.25) is 11.8 Å². The van der Waals surface area contributed by atoms with E-state index in [-0.39, 0.29) is 30.2 Å². The first-order valence-corrected chi connectivity index (χ1v) is 9.26.